The lowest BCUT2D eigenvalue weighted by Crippen LogP contribution is -2.21. The van der Waals surface area contributed by atoms with Gasteiger partial charge < -0.3 is 4.74 Å². The highest BCUT2D eigenvalue weighted by molar-refractivity contribution is 5.81. The lowest BCUT2D eigenvalue weighted by atomic mass is 9.80. The second-order valence-electron chi connectivity index (χ2n) is 4.17. The molecule has 0 atom stereocenters. The van der Waals surface area contributed by atoms with Crippen LogP contribution in [-0.2, 0) is 9.53 Å². The number of ether oxygens (including phenoxy) is 1. The van der Waals surface area contributed by atoms with Crippen LogP contribution in [0, 0.1) is 11.8 Å². The third kappa shape index (κ3) is 3.47. The van der Waals surface area contributed by atoms with Gasteiger partial charge in [0.1, 0.15) is 5.78 Å². The molecule has 0 unspecified atom stereocenters. The Morgan fingerprint density at radius 2 is 1.92 bits per heavy atom. The Hall–Kier alpha value is -0.370. The van der Waals surface area contributed by atoms with Crippen molar-refractivity contribution in [2.75, 3.05) is 13.7 Å². The smallest absolute Gasteiger partial charge is 0.138 e. The van der Waals surface area contributed by atoms with Crippen LogP contribution in [-0.4, -0.2) is 19.5 Å². The zero-order chi connectivity index (χ0) is 9.68. The highest BCUT2D eigenvalue weighted by atomic mass is 16.5. The molecular formula is C11H20O2. The standard InChI is InChI=1S/C11H20O2/c1-9-3-5-10(6-4-9)11(12)7-8-13-2/h9-10H,3-8H2,1-2H3. The van der Waals surface area contributed by atoms with Crippen molar-refractivity contribution in [1.29, 1.82) is 0 Å². The number of hydrogen-bond acceptors (Lipinski definition) is 2. The molecule has 0 spiro atoms. The molecule has 1 aliphatic rings. The van der Waals surface area contributed by atoms with Gasteiger partial charge in [0, 0.05) is 19.4 Å². The molecule has 0 heterocycles. The molecule has 0 aliphatic heterocycles. The molecule has 0 saturated heterocycles. The Morgan fingerprint density at radius 1 is 1.31 bits per heavy atom. The molecule has 0 amide bonds. The Morgan fingerprint density at radius 3 is 2.46 bits per heavy atom. The molecule has 2 nitrogen and oxygen atoms in total. The van der Waals surface area contributed by atoms with Crippen LogP contribution in [0.1, 0.15) is 39.0 Å². The molecule has 1 fully saturated rings. The number of carbonyl (C=O) groups is 1. The maximum atomic E-state index is 11.6. The van der Waals surface area contributed by atoms with Gasteiger partial charge in [0.05, 0.1) is 6.61 Å². The first-order valence-corrected chi connectivity index (χ1v) is 5.25. The summed E-state index contributed by atoms with van der Waals surface area (Å²) in [5.41, 5.74) is 0. The predicted molar refractivity (Wildman–Crippen MR) is 52.6 cm³/mol. The average Bonchev–Trinajstić information content (AvgIpc) is 2.15. The zero-order valence-corrected chi connectivity index (χ0v) is 8.71. The minimum Gasteiger partial charge on any atom is -0.384 e. The maximum Gasteiger partial charge on any atom is 0.138 e. The lowest BCUT2D eigenvalue weighted by molar-refractivity contribution is -0.124. The predicted octanol–water partition coefficient (Wildman–Crippen LogP) is 2.42. The third-order valence-corrected chi connectivity index (χ3v) is 3.02. The van der Waals surface area contributed by atoms with Gasteiger partial charge in [-0.05, 0) is 18.8 Å². The first kappa shape index (κ1) is 10.7. The van der Waals surface area contributed by atoms with E-state index in [1.807, 2.05) is 0 Å². The zero-order valence-electron chi connectivity index (χ0n) is 8.71. The third-order valence-electron chi connectivity index (χ3n) is 3.02. The van der Waals surface area contributed by atoms with E-state index in [4.69, 9.17) is 4.74 Å². The fourth-order valence-corrected chi connectivity index (χ4v) is 1.99. The van der Waals surface area contributed by atoms with Gasteiger partial charge in [-0.3, -0.25) is 4.79 Å². The number of Topliss-reactive ketones (excluding diaryl/α,β-unsaturated/α-hetero) is 1. The van der Waals surface area contributed by atoms with Gasteiger partial charge >= 0.3 is 0 Å². The topological polar surface area (TPSA) is 26.3 Å². The van der Waals surface area contributed by atoms with Gasteiger partial charge in [0.15, 0.2) is 0 Å². The van der Waals surface area contributed by atoms with Crippen molar-refractivity contribution in [3.63, 3.8) is 0 Å². The van der Waals surface area contributed by atoms with E-state index in [2.05, 4.69) is 6.92 Å². The maximum absolute atomic E-state index is 11.6. The van der Waals surface area contributed by atoms with Crippen LogP contribution in [0.25, 0.3) is 0 Å². The van der Waals surface area contributed by atoms with Gasteiger partial charge in [-0.1, -0.05) is 19.8 Å². The molecule has 0 radical (unpaired) electrons. The van der Waals surface area contributed by atoms with E-state index in [1.54, 1.807) is 7.11 Å². The van der Waals surface area contributed by atoms with Crippen LogP contribution in [0.3, 0.4) is 0 Å². The summed E-state index contributed by atoms with van der Waals surface area (Å²) in [6.07, 6.45) is 5.26. The Balaban J connectivity index is 2.23. The Kier molecular flexibility index (Phi) is 4.43. The summed E-state index contributed by atoms with van der Waals surface area (Å²) in [5, 5.41) is 0. The van der Waals surface area contributed by atoms with Crippen molar-refractivity contribution < 1.29 is 9.53 Å². The Labute approximate surface area is 80.7 Å². The number of rotatable bonds is 4. The molecule has 0 aromatic heterocycles. The van der Waals surface area contributed by atoms with E-state index >= 15 is 0 Å². The van der Waals surface area contributed by atoms with Crippen molar-refractivity contribution in [1.82, 2.24) is 0 Å². The van der Waals surface area contributed by atoms with Crippen molar-refractivity contribution in [3.05, 3.63) is 0 Å². The van der Waals surface area contributed by atoms with Gasteiger partial charge in [0.2, 0.25) is 0 Å². The molecule has 0 bridgehead atoms. The van der Waals surface area contributed by atoms with Gasteiger partial charge in [-0.25, -0.2) is 0 Å². The Bertz CT molecular complexity index is 157. The molecule has 0 N–H and O–H groups in total. The molecule has 1 aliphatic carbocycles. The summed E-state index contributed by atoms with van der Waals surface area (Å²) >= 11 is 0. The molecule has 76 valence electrons. The van der Waals surface area contributed by atoms with E-state index in [1.165, 1.54) is 12.8 Å². The van der Waals surface area contributed by atoms with Crippen molar-refractivity contribution in [2.45, 2.75) is 39.0 Å². The van der Waals surface area contributed by atoms with Crippen LogP contribution >= 0.6 is 0 Å². The second kappa shape index (κ2) is 5.38. The minimum atomic E-state index is 0.339. The monoisotopic (exact) mass is 184 g/mol. The van der Waals surface area contributed by atoms with Crippen LogP contribution in [0.4, 0.5) is 0 Å². The molecule has 13 heavy (non-hydrogen) atoms. The van der Waals surface area contributed by atoms with Gasteiger partial charge in [0.25, 0.3) is 0 Å². The SMILES string of the molecule is COCCC(=O)C1CCC(C)CC1. The van der Waals surface area contributed by atoms with Crippen LogP contribution in [0.15, 0.2) is 0 Å². The summed E-state index contributed by atoms with van der Waals surface area (Å²) in [6.45, 7) is 2.86. The van der Waals surface area contributed by atoms with E-state index in [9.17, 15) is 4.79 Å². The number of carbonyl (C=O) groups excluding carboxylic acids is 1. The normalized spacial score (nSPS) is 28.8. The van der Waals surface area contributed by atoms with E-state index in [-0.39, 0.29) is 0 Å². The van der Waals surface area contributed by atoms with Gasteiger partial charge in [-0.15, -0.1) is 0 Å². The van der Waals surface area contributed by atoms with E-state index in [0.29, 0.717) is 24.7 Å². The average molecular weight is 184 g/mol. The minimum absolute atomic E-state index is 0.339. The number of hydrogen-bond donors (Lipinski definition) is 0. The summed E-state index contributed by atoms with van der Waals surface area (Å²) in [4.78, 5) is 11.6. The van der Waals surface area contributed by atoms with Crippen LogP contribution < -0.4 is 0 Å². The molecule has 0 aromatic rings. The highest BCUT2D eigenvalue weighted by Gasteiger charge is 2.23. The largest absolute Gasteiger partial charge is 0.384 e. The van der Waals surface area contributed by atoms with Crippen LogP contribution in [0.2, 0.25) is 0 Å². The summed E-state index contributed by atoms with van der Waals surface area (Å²) in [6, 6.07) is 0. The number of ketones is 1. The summed E-state index contributed by atoms with van der Waals surface area (Å²) in [7, 11) is 1.65. The van der Waals surface area contributed by atoms with E-state index < -0.39 is 0 Å². The lowest BCUT2D eigenvalue weighted by Gasteiger charge is -2.24. The van der Waals surface area contributed by atoms with E-state index in [0.717, 1.165) is 18.8 Å². The molecular weight excluding hydrogens is 164 g/mol. The summed E-state index contributed by atoms with van der Waals surface area (Å²) < 4.78 is 4.90. The molecule has 2 heteroatoms. The molecule has 0 aromatic carbocycles. The van der Waals surface area contributed by atoms with Gasteiger partial charge in [-0.2, -0.15) is 0 Å². The molecule has 1 rings (SSSR count). The van der Waals surface area contributed by atoms with Crippen molar-refractivity contribution in [3.8, 4) is 0 Å². The van der Waals surface area contributed by atoms with Crippen LogP contribution in [0.5, 0.6) is 0 Å². The van der Waals surface area contributed by atoms with Crippen molar-refractivity contribution in [2.24, 2.45) is 11.8 Å². The fraction of sp³-hybridized carbons (Fsp3) is 0.909. The number of methoxy groups -OCH3 is 1. The first-order valence-electron chi connectivity index (χ1n) is 5.25. The highest BCUT2D eigenvalue weighted by Crippen LogP contribution is 2.29. The molecule has 1 saturated carbocycles. The summed E-state index contributed by atoms with van der Waals surface area (Å²) in [5.74, 6) is 1.58. The second-order valence-corrected chi connectivity index (χ2v) is 4.17. The first-order chi connectivity index (χ1) is 6.24. The van der Waals surface area contributed by atoms with Crippen molar-refractivity contribution >= 4 is 5.78 Å². The quantitative estimate of drug-likeness (QED) is 0.670. The fourth-order valence-electron chi connectivity index (χ4n) is 1.99.